The standard InChI is InChI=1S/C14H25N3O/c1-4-17-10-12(9-16-17)13(15)14(18-3)7-5-11(2)6-8-14/h9-11,13H,4-8,15H2,1-3H3. The zero-order chi connectivity index (χ0) is 13.2. The van der Waals surface area contributed by atoms with Crippen LogP contribution >= 0.6 is 0 Å². The van der Waals surface area contributed by atoms with E-state index >= 15 is 0 Å². The van der Waals surface area contributed by atoms with Gasteiger partial charge in [0.2, 0.25) is 0 Å². The summed E-state index contributed by atoms with van der Waals surface area (Å²) in [4.78, 5) is 0. The quantitative estimate of drug-likeness (QED) is 0.894. The van der Waals surface area contributed by atoms with E-state index in [9.17, 15) is 0 Å². The summed E-state index contributed by atoms with van der Waals surface area (Å²) in [5.41, 5.74) is 7.34. The van der Waals surface area contributed by atoms with Crippen molar-refractivity contribution in [2.75, 3.05) is 7.11 Å². The maximum absolute atomic E-state index is 6.45. The molecule has 0 amide bonds. The lowest BCUT2D eigenvalue weighted by Crippen LogP contribution is -2.45. The first-order chi connectivity index (χ1) is 8.61. The highest BCUT2D eigenvalue weighted by atomic mass is 16.5. The predicted octanol–water partition coefficient (Wildman–Crippen LogP) is 2.50. The molecule has 0 spiro atoms. The van der Waals surface area contributed by atoms with Gasteiger partial charge < -0.3 is 10.5 Å². The van der Waals surface area contributed by atoms with Gasteiger partial charge in [0.1, 0.15) is 0 Å². The Hall–Kier alpha value is -0.870. The molecule has 2 rings (SSSR count). The summed E-state index contributed by atoms with van der Waals surface area (Å²) in [6.45, 7) is 5.26. The maximum Gasteiger partial charge on any atom is 0.0871 e. The minimum atomic E-state index is -0.200. The number of nitrogens with zero attached hydrogens (tertiary/aromatic N) is 2. The second-order valence-corrected chi connectivity index (χ2v) is 5.56. The Morgan fingerprint density at radius 3 is 2.72 bits per heavy atom. The highest BCUT2D eigenvalue weighted by Crippen LogP contribution is 2.41. The van der Waals surface area contributed by atoms with Crippen molar-refractivity contribution in [2.45, 2.75) is 57.7 Å². The number of methoxy groups -OCH3 is 1. The molecule has 1 saturated carbocycles. The van der Waals surface area contributed by atoms with Crippen LogP contribution in [0.25, 0.3) is 0 Å². The normalized spacial score (nSPS) is 30.3. The van der Waals surface area contributed by atoms with Gasteiger partial charge in [0.25, 0.3) is 0 Å². The van der Waals surface area contributed by atoms with Gasteiger partial charge in [0, 0.05) is 25.4 Å². The van der Waals surface area contributed by atoms with Crippen molar-refractivity contribution >= 4 is 0 Å². The van der Waals surface area contributed by atoms with E-state index in [2.05, 4.69) is 18.9 Å². The molecule has 18 heavy (non-hydrogen) atoms. The van der Waals surface area contributed by atoms with Crippen molar-refractivity contribution in [2.24, 2.45) is 11.7 Å². The van der Waals surface area contributed by atoms with Crippen LogP contribution in [-0.2, 0) is 11.3 Å². The van der Waals surface area contributed by atoms with Crippen LogP contribution in [0.1, 0.15) is 51.1 Å². The largest absolute Gasteiger partial charge is 0.376 e. The smallest absolute Gasteiger partial charge is 0.0871 e. The third-order valence-electron chi connectivity index (χ3n) is 4.43. The van der Waals surface area contributed by atoms with Crippen LogP contribution in [0.5, 0.6) is 0 Å². The molecule has 0 bridgehead atoms. The van der Waals surface area contributed by atoms with Crippen molar-refractivity contribution in [1.29, 1.82) is 0 Å². The Labute approximate surface area is 110 Å². The van der Waals surface area contributed by atoms with Crippen molar-refractivity contribution in [3.8, 4) is 0 Å². The average molecular weight is 251 g/mol. The minimum Gasteiger partial charge on any atom is -0.376 e. The zero-order valence-corrected chi connectivity index (χ0v) is 11.7. The molecule has 0 aromatic carbocycles. The van der Waals surface area contributed by atoms with Gasteiger partial charge in [-0.2, -0.15) is 5.10 Å². The minimum absolute atomic E-state index is 0.0738. The topological polar surface area (TPSA) is 53.1 Å². The van der Waals surface area contributed by atoms with Gasteiger partial charge in [-0.05, 0) is 38.5 Å². The van der Waals surface area contributed by atoms with Crippen molar-refractivity contribution < 1.29 is 4.74 Å². The van der Waals surface area contributed by atoms with Crippen LogP contribution < -0.4 is 5.73 Å². The van der Waals surface area contributed by atoms with Crippen molar-refractivity contribution in [3.05, 3.63) is 18.0 Å². The third kappa shape index (κ3) is 2.45. The molecule has 1 aromatic rings. The van der Waals surface area contributed by atoms with E-state index < -0.39 is 0 Å². The lowest BCUT2D eigenvalue weighted by atomic mass is 9.74. The summed E-state index contributed by atoms with van der Waals surface area (Å²) in [6.07, 6.45) is 8.41. The highest BCUT2D eigenvalue weighted by Gasteiger charge is 2.40. The summed E-state index contributed by atoms with van der Waals surface area (Å²) < 4.78 is 7.74. The van der Waals surface area contributed by atoms with E-state index in [0.717, 1.165) is 30.9 Å². The van der Waals surface area contributed by atoms with Gasteiger partial charge in [-0.3, -0.25) is 4.68 Å². The summed E-state index contributed by atoms with van der Waals surface area (Å²) in [6, 6.07) is -0.0738. The number of hydrogen-bond acceptors (Lipinski definition) is 3. The number of aromatic nitrogens is 2. The number of ether oxygens (including phenoxy) is 1. The summed E-state index contributed by atoms with van der Waals surface area (Å²) in [5.74, 6) is 0.791. The van der Waals surface area contributed by atoms with E-state index in [-0.39, 0.29) is 11.6 Å². The van der Waals surface area contributed by atoms with Crippen molar-refractivity contribution in [1.82, 2.24) is 9.78 Å². The van der Waals surface area contributed by atoms with Gasteiger partial charge in [-0.25, -0.2) is 0 Å². The second-order valence-electron chi connectivity index (χ2n) is 5.56. The second kappa shape index (κ2) is 5.41. The first kappa shape index (κ1) is 13.6. The molecule has 0 saturated heterocycles. The predicted molar refractivity (Wildman–Crippen MR) is 72.2 cm³/mol. The number of nitrogens with two attached hydrogens (primary N) is 1. The Morgan fingerprint density at radius 2 is 2.22 bits per heavy atom. The molecule has 4 nitrogen and oxygen atoms in total. The van der Waals surface area contributed by atoms with Crippen LogP contribution in [0.3, 0.4) is 0 Å². The van der Waals surface area contributed by atoms with Gasteiger partial charge >= 0.3 is 0 Å². The molecule has 0 aliphatic heterocycles. The van der Waals surface area contributed by atoms with Gasteiger partial charge in [-0.1, -0.05) is 6.92 Å². The van der Waals surface area contributed by atoms with Crippen molar-refractivity contribution in [3.63, 3.8) is 0 Å². The number of aryl methyl sites for hydroxylation is 1. The Balaban J connectivity index is 2.16. The molecule has 1 aromatic heterocycles. The molecule has 1 aliphatic carbocycles. The molecule has 2 N–H and O–H groups in total. The number of hydrogen-bond donors (Lipinski definition) is 1. The van der Waals surface area contributed by atoms with Gasteiger partial charge in [0.15, 0.2) is 0 Å². The van der Waals surface area contributed by atoms with E-state index in [1.54, 1.807) is 7.11 Å². The Bertz CT molecular complexity index is 380. The summed E-state index contributed by atoms with van der Waals surface area (Å²) in [7, 11) is 1.79. The van der Waals surface area contributed by atoms with Crippen LogP contribution in [0, 0.1) is 5.92 Å². The molecule has 1 fully saturated rings. The van der Waals surface area contributed by atoms with Crippen LogP contribution in [0.15, 0.2) is 12.4 Å². The fraction of sp³-hybridized carbons (Fsp3) is 0.786. The zero-order valence-electron chi connectivity index (χ0n) is 11.7. The molecule has 1 atom stereocenters. The first-order valence-corrected chi connectivity index (χ1v) is 6.94. The molecular formula is C14H25N3O. The lowest BCUT2D eigenvalue weighted by Gasteiger charge is -2.42. The van der Waals surface area contributed by atoms with Crippen LogP contribution in [0.4, 0.5) is 0 Å². The van der Waals surface area contributed by atoms with Gasteiger partial charge in [0.05, 0.1) is 17.8 Å². The third-order valence-corrected chi connectivity index (χ3v) is 4.43. The molecule has 1 heterocycles. The molecule has 4 heteroatoms. The highest BCUT2D eigenvalue weighted by molar-refractivity contribution is 5.16. The Morgan fingerprint density at radius 1 is 1.56 bits per heavy atom. The molecule has 102 valence electrons. The SMILES string of the molecule is CCn1cc(C(N)C2(OC)CCC(C)CC2)cn1. The lowest BCUT2D eigenvalue weighted by molar-refractivity contribution is -0.0672. The van der Waals surface area contributed by atoms with E-state index in [1.165, 1.54) is 12.8 Å². The molecular weight excluding hydrogens is 226 g/mol. The van der Waals surface area contributed by atoms with E-state index in [1.807, 2.05) is 17.1 Å². The fourth-order valence-corrected chi connectivity index (χ4v) is 2.91. The average Bonchev–Trinajstić information content (AvgIpc) is 2.88. The van der Waals surface area contributed by atoms with Crippen LogP contribution in [-0.4, -0.2) is 22.5 Å². The number of rotatable bonds is 4. The Kier molecular flexibility index (Phi) is 4.07. The van der Waals surface area contributed by atoms with Gasteiger partial charge in [-0.15, -0.1) is 0 Å². The monoisotopic (exact) mass is 251 g/mol. The molecule has 1 unspecified atom stereocenters. The summed E-state index contributed by atoms with van der Waals surface area (Å²) in [5, 5.41) is 4.31. The fourth-order valence-electron chi connectivity index (χ4n) is 2.91. The maximum atomic E-state index is 6.45. The van der Waals surface area contributed by atoms with E-state index in [4.69, 9.17) is 10.5 Å². The van der Waals surface area contributed by atoms with Crippen LogP contribution in [0.2, 0.25) is 0 Å². The molecule has 0 radical (unpaired) electrons. The first-order valence-electron chi connectivity index (χ1n) is 6.94. The molecule has 1 aliphatic rings. The van der Waals surface area contributed by atoms with E-state index in [0.29, 0.717) is 0 Å². The summed E-state index contributed by atoms with van der Waals surface area (Å²) >= 11 is 0.